The largest absolute Gasteiger partial charge is 0.479 e. The third-order valence-electron chi connectivity index (χ3n) is 3.99. The highest BCUT2D eigenvalue weighted by Gasteiger charge is 2.29. The molecule has 1 N–H and O–H groups in total. The summed E-state index contributed by atoms with van der Waals surface area (Å²) in [6, 6.07) is 7.93. The van der Waals surface area contributed by atoms with Crippen LogP contribution in [0.2, 0.25) is 0 Å². The maximum Gasteiger partial charge on any atom is 0.334 e. The standard InChI is InChI=1S/C16H18N2O4/c1-11-8-18(13-5-3-2-4-12(11)13)10-15(19)17-6-7-22-14(9-17)16(20)21/h2-5,8,14H,6-7,9-10H2,1H3,(H,20,21)/t14-/m1/s1. The second-order valence-corrected chi connectivity index (χ2v) is 5.49. The van der Waals surface area contributed by atoms with Gasteiger partial charge in [-0.25, -0.2) is 4.79 Å². The number of aromatic nitrogens is 1. The number of aryl methyl sites for hydroxylation is 1. The van der Waals surface area contributed by atoms with Crippen molar-refractivity contribution in [1.82, 2.24) is 9.47 Å². The highest BCUT2D eigenvalue weighted by molar-refractivity contribution is 5.86. The van der Waals surface area contributed by atoms with E-state index in [4.69, 9.17) is 9.84 Å². The minimum Gasteiger partial charge on any atom is -0.479 e. The summed E-state index contributed by atoms with van der Waals surface area (Å²) in [7, 11) is 0. The summed E-state index contributed by atoms with van der Waals surface area (Å²) < 4.78 is 7.06. The molecule has 1 aliphatic rings. The van der Waals surface area contributed by atoms with Gasteiger partial charge in [0.2, 0.25) is 5.91 Å². The maximum absolute atomic E-state index is 12.4. The first kappa shape index (κ1) is 14.6. The molecule has 116 valence electrons. The van der Waals surface area contributed by atoms with Crippen LogP contribution in [0, 0.1) is 6.92 Å². The molecule has 22 heavy (non-hydrogen) atoms. The van der Waals surface area contributed by atoms with E-state index in [0.717, 1.165) is 16.5 Å². The number of amides is 1. The molecule has 1 fully saturated rings. The number of para-hydroxylation sites is 1. The SMILES string of the molecule is Cc1cn(CC(=O)N2CCO[C@@H](C(=O)O)C2)c2ccccc12. The van der Waals surface area contributed by atoms with Gasteiger partial charge in [-0.15, -0.1) is 0 Å². The molecule has 1 saturated heterocycles. The molecule has 0 unspecified atom stereocenters. The predicted molar refractivity (Wildman–Crippen MR) is 80.6 cm³/mol. The van der Waals surface area contributed by atoms with Crippen molar-refractivity contribution in [2.24, 2.45) is 0 Å². The number of hydrogen-bond acceptors (Lipinski definition) is 3. The summed E-state index contributed by atoms with van der Waals surface area (Å²) in [5.74, 6) is -1.12. The summed E-state index contributed by atoms with van der Waals surface area (Å²) >= 11 is 0. The van der Waals surface area contributed by atoms with E-state index in [0.29, 0.717) is 6.54 Å². The zero-order chi connectivity index (χ0) is 15.7. The number of fused-ring (bicyclic) bond motifs is 1. The van der Waals surface area contributed by atoms with Crippen LogP contribution in [0.15, 0.2) is 30.5 Å². The van der Waals surface area contributed by atoms with Gasteiger partial charge >= 0.3 is 5.97 Å². The minimum absolute atomic E-state index is 0.0877. The van der Waals surface area contributed by atoms with Gasteiger partial charge in [-0.3, -0.25) is 4.79 Å². The van der Waals surface area contributed by atoms with Gasteiger partial charge in [-0.2, -0.15) is 0 Å². The summed E-state index contributed by atoms with van der Waals surface area (Å²) in [6.45, 7) is 3.01. The van der Waals surface area contributed by atoms with Crippen LogP contribution in [0.25, 0.3) is 10.9 Å². The Morgan fingerprint density at radius 3 is 2.91 bits per heavy atom. The highest BCUT2D eigenvalue weighted by Crippen LogP contribution is 2.20. The van der Waals surface area contributed by atoms with Crippen LogP contribution < -0.4 is 0 Å². The molecule has 6 nitrogen and oxygen atoms in total. The Labute approximate surface area is 127 Å². The number of nitrogens with zero attached hydrogens (tertiary/aromatic N) is 2. The predicted octanol–water partition coefficient (Wildman–Crippen LogP) is 1.26. The number of aliphatic carboxylic acids is 1. The second-order valence-electron chi connectivity index (χ2n) is 5.49. The van der Waals surface area contributed by atoms with E-state index in [9.17, 15) is 9.59 Å². The van der Waals surface area contributed by atoms with Crippen molar-refractivity contribution in [2.45, 2.75) is 19.6 Å². The van der Waals surface area contributed by atoms with E-state index in [-0.39, 0.29) is 25.6 Å². The van der Waals surface area contributed by atoms with E-state index in [2.05, 4.69) is 0 Å². The molecule has 1 atom stereocenters. The summed E-state index contributed by atoms with van der Waals surface area (Å²) in [6.07, 6.45) is 1.03. The molecule has 2 aromatic rings. The molecule has 1 aromatic heterocycles. The number of ether oxygens (including phenoxy) is 1. The van der Waals surface area contributed by atoms with Crippen molar-refractivity contribution in [1.29, 1.82) is 0 Å². The van der Waals surface area contributed by atoms with Crippen LogP contribution in [0.1, 0.15) is 5.56 Å². The Balaban J connectivity index is 1.77. The maximum atomic E-state index is 12.4. The molecule has 6 heteroatoms. The lowest BCUT2D eigenvalue weighted by molar-refractivity contribution is -0.159. The summed E-state index contributed by atoms with van der Waals surface area (Å²) in [5.41, 5.74) is 2.13. The van der Waals surface area contributed by atoms with Crippen molar-refractivity contribution in [2.75, 3.05) is 19.7 Å². The summed E-state index contributed by atoms with van der Waals surface area (Å²) in [5, 5.41) is 10.1. The van der Waals surface area contributed by atoms with Crippen molar-refractivity contribution < 1.29 is 19.4 Å². The van der Waals surface area contributed by atoms with E-state index in [1.165, 1.54) is 0 Å². The van der Waals surface area contributed by atoms with Crippen LogP contribution in [0.3, 0.4) is 0 Å². The Morgan fingerprint density at radius 1 is 1.36 bits per heavy atom. The molecule has 0 spiro atoms. The highest BCUT2D eigenvalue weighted by atomic mass is 16.5. The first-order valence-corrected chi connectivity index (χ1v) is 7.23. The Hall–Kier alpha value is -2.34. The number of carbonyl (C=O) groups is 2. The average molecular weight is 302 g/mol. The number of carboxylic acid groups (broad SMARTS) is 1. The van der Waals surface area contributed by atoms with Crippen molar-refractivity contribution >= 4 is 22.8 Å². The van der Waals surface area contributed by atoms with E-state index in [1.807, 2.05) is 42.0 Å². The Bertz CT molecular complexity index is 722. The van der Waals surface area contributed by atoms with Gasteiger partial charge in [-0.1, -0.05) is 18.2 Å². The van der Waals surface area contributed by atoms with E-state index < -0.39 is 12.1 Å². The third-order valence-corrected chi connectivity index (χ3v) is 3.99. The average Bonchev–Trinajstić information content (AvgIpc) is 2.84. The fraction of sp³-hybridized carbons (Fsp3) is 0.375. The number of carbonyl (C=O) groups excluding carboxylic acids is 1. The lowest BCUT2D eigenvalue weighted by atomic mass is 10.2. The molecular formula is C16H18N2O4. The molecular weight excluding hydrogens is 284 g/mol. The van der Waals surface area contributed by atoms with Gasteiger partial charge in [0.1, 0.15) is 6.54 Å². The van der Waals surface area contributed by atoms with Gasteiger partial charge in [-0.05, 0) is 18.6 Å². The van der Waals surface area contributed by atoms with Gasteiger partial charge in [0.05, 0.1) is 13.2 Å². The first-order chi connectivity index (χ1) is 10.6. The van der Waals surface area contributed by atoms with Crippen LogP contribution in [-0.4, -0.2) is 52.3 Å². The number of benzene rings is 1. The van der Waals surface area contributed by atoms with E-state index >= 15 is 0 Å². The molecule has 0 aliphatic carbocycles. The number of hydrogen-bond donors (Lipinski definition) is 1. The van der Waals surface area contributed by atoms with Crippen LogP contribution >= 0.6 is 0 Å². The van der Waals surface area contributed by atoms with Crippen molar-refractivity contribution in [3.8, 4) is 0 Å². The van der Waals surface area contributed by atoms with Gasteiger partial charge < -0.3 is 19.3 Å². The Kier molecular flexibility index (Phi) is 3.85. The molecule has 0 radical (unpaired) electrons. The first-order valence-electron chi connectivity index (χ1n) is 7.23. The van der Waals surface area contributed by atoms with Crippen LogP contribution in [0.5, 0.6) is 0 Å². The quantitative estimate of drug-likeness (QED) is 0.926. The molecule has 1 amide bonds. The van der Waals surface area contributed by atoms with Crippen LogP contribution in [0.4, 0.5) is 0 Å². The lowest BCUT2D eigenvalue weighted by Crippen LogP contribution is -2.49. The van der Waals surface area contributed by atoms with Crippen LogP contribution in [-0.2, 0) is 20.9 Å². The smallest absolute Gasteiger partial charge is 0.334 e. The fourth-order valence-electron chi connectivity index (χ4n) is 2.83. The zero-order valence-electron chi connectivity index (χ0n) is 12.4. The van der Waals surface area contributed by atoms with Gasteiger partial charge in [0.15, 0.2) is 6.10 Å². The molecule has 0 bridgehead atoms. The van der Waals surface area contributed by atoms with Gasteiger partial charge in [0, 0.05) is 23.6 Å². The third kappa shape index (κ3) is 2.69. The monoisotopic (exact) mass is 302 g/mol. The minimum atomic E-state index is -1.03. The molecule has 0 saturated carbocycles. The lowest BCUT2D eigenvalue weighted by Gasteiger charge is -2.31. The topological polar surface area (TPSA) is 71.8 Å². The molecule has 2 heterocycles. The fourth-order valence-corrected chi connectivity index (χ4v) is 2.83. The second kappa shape index (κ2) is 5.81. The van der Waals surface area contributed by atoms with Crippen molar-refractivity contribution in [3.05, 3.63) is 36.0 Å². The normalized spacial score (nSPS) is 18.6. The Morgan fingerprint density at radius 2 is 2.14 bits per heavy atom. The number of rotatable bonds is 3. The van der Waals surface area contributed by atoms with E-state index in [1.54, 1.807) is 4.90 Å². The number of morpholine rings is 1. The molecule has 1 aromatic carbocycles. The molecule has 3 rings (SSSR count). The zero-order valence-corrected chi connectivity index (χ0v) is 12.4. The van der Waals surface area contributed by atoms with Gasteiger partial charge in [0.25, 0.3) is 0 Å². The van der Waals surface area contributed by atoms with Crippen molar-refractivity contribution in [3.63, 3.8) is 0 Å². The molecule has 1 aliphatic heterocycles. The number of carboxylic acids is 1. The summed E-state index contributed by atoms with van der Waals surface area (Å²) in [4.78, 5) is 25.0.